The lowest BCUT2D eigenvalue weighted by Gasteiger charge is -2.21. The van der Waals surface area contributed by atoms with Crippen molar-refractivity contribution < 1.29 is 14.0 Å². The summed E-state index contributed by atoms with van der Waals surface area (Å²) in [6.07, 6.45) is 3.41. The molecule has 1 aromatic carbocycles. The van der Waals surface area contributed by atoms with Crippen LogP contribution in [0.3, 0.4) is 0 Å². The third-order valence-corrected chi connectivity index (χ3v) is 3.46. The molecule has 0 saturated carbocycles. The molecule has 0 aliphatic carbocycles. The second kappa shape index (κ2) is 9.92. The van der Waals surface area contributed by atoms with E-state index in [0.29, 0.717) is 13.1 Å². The molecule has 1 rings (SSSR count). The van der Waals surface area contributed by atoms with Crippen molar-refractivity contribution in [2.75, 3.05) is 19.6 Å². The van der Waals surface area contributed by atoms with Gasteiger partial charge in [0.05, 0.1) is 6.42 Å². The highest BCUT2D eigenvalue weighted by Crippen LogP contribution is 2.03. The summed E-state index contributed by atoms with van der Waals surface area (Å²) in [7, 11) is 0. The number of hydrogen-bond acceptors (Lipinski definition) is 2. The molecule has 0 heterocycles. The molecule has 0 aliphatic rings. The molecule has 0 saturated heterocycles. The molecule has 0 unspecified atom stereocenters. The molecule has 0 fully saturated rings. The molecule has 1 N–H and O–H groups in total. The summed E-state index contributed by atoms with van der Waals surface area (Å²) < 4.78 is 12.8. The van der Waals surface area contributed by atoms with Gasteiger partial charge in [-0.1, -0.05) is 31.9 Å². The molecule has 0 aromatic heterocycles. The van der Waals surface area contributed by atoms with Gasteiger partial charge in [-0.2, -0.15) is 0 Å². The molecule has 0 bridgehead atoms. The number of hydrogen-bond donors (Lipinski definition) is 1. The van der Waals surface area contributed by atoms with E-state index in [1.54, 1.807) is 24.0 Å². The lowest BCUT2D eigenvalue weighted by atomic mass is 10.1. The molecule has 22 heavy (non-hydrogen) atoms. The van der Waals surface area contributed by atoms with Crippen molar-refractivity contribution >= 4 is 11.8 Å². The number of benzene rings is 1. The molecule has 122 valence electrons. The Balaban J connectivity index is 2.30. The van der Waals surface area contributed by atoms with E-state index in [-0.39, 0.29) is 24.1 Å². The molecule has 1 aromatic rings. The van der Waals surface area contributed by atoms with E-state index in [1.165, 1.54) is 12.1 Å². The van der Waals surface area contributed by atoms with Crippen LogP contribution in [0.25, 0.3) is 0 Å². The molecular formula is C17H25FN2O2. The second-order valence-corrected chi connectivity index (χ2v) is 5.37. The van der Waals surface area contributed by atoms with Gasteiger partial charge in [0.1, 0.15) is 5.82 Å². The third kappa shape index (κ3) is 7.20. The molecule has 2 amide bonds. The first-order valence-electron chi connectivity index (χ1n) is 7.79. The summed E-state index contributed by atoms with van der Waals surface area (Å²) in [5.41, 5.74) is 0.769. The third-order valence-electron chi connectivity index (χ3n) is 3.46. The van der Waals surface area contributed by atoms with Crippen molar-refractivity contribution in [3.63, 3.8) is 0 Å². The van der Waals surface area contributed by atoms with Gasteiger partial charge in [0.15, 0.2) is 0 Å². The van der Waals surface area contributed by atoms with Crippen molar-refractivity contribution in [2.45, 2.75) is 39.5 Å². The largest absolute Gasteiger partial charge is 0.354 e. The zero-order chi connectivity index (χ0) is 16.4. The maximum atomic E-state index is 12.8. The number of unbranched alkanes of at least 4 members (excludes halogenated alkanes) is 2. The van der Waals surface area contributed by atoms with Crippen molar-refractivity contribution in [3.05, 3.63) is 35.6 Å². The Kier molecular flexibility index (Phi) is 8.18. The number of nitrogens with one attached hydrogen (secondary N) is 1. The maximum absolute atomic E-state index is 12.8. The summed E-state index contributed by atoms with van der Waals surface area (Å²) in [6, 6.07) is 5.88. The summed E-state index contributed by atoms with van der Waals surface area (Å²) in [5.74, 6) is -0.402. The average Bonchev–Trinajstić information content (AvgIpc) is 2.48. The Hall–Kier alpha value is -1.91. The van der Waals surface area contributed by atoms with Crippen LogP contribution in [-0.2, 0) is 16.0 Å². The first-order valence-corrected chi connectivity index (χ1v) is 7.79. The average molecular weight is 308 g/mol. The zero-order valence-electron chi connectivity index (χ0n) is 13.4. The summed E-state index contributed by atoms with van der Waals surface area (Å²) >= 11 is 0. The highest BCUT2D eigenvalue weighted by Gasteiger charge is 2.09. The standard InChI is InChI=1S/C17H25FN2O2/c1-3-4-5-11-20(14(2)21)12-10-19-17(22)13-15-6-8-16(18)9-7-15/h6-9H,3-5,10-13H2,1-2H3,(H,19,22). The minimum atomic E-state index is -0.312. The van der Waals surface area contributed by atoms with Gasteiger partial charge in [-0.15, -0.1) is 0 Å². The van der Waals surface area contributed by atoms with Crippen LogP contribution in [0, 0.1) is 5.82 Å². The minimum absolute atomic E-state index is 0.0314. The molecule has 0 radical (unpaired) electrons. The molecule has 0 aliphatic heterocycles. The second-order valence-electron chi connectivity index (χ2n) is 5.37. The van der Waals surface area contributed by atoms with Gasteiger partial charge in [-0.3, -0.25) is 9.59 Å². The van der Waals surface area contributed by atoms with E-state index in [9.17, 15) is 14.0 Å². The fourth-order valence-electron chi connectivity index (χ4n) is 2.16. The van der Waals surface area contributed by atoms with Crippen LogP contribution in [0.4, 0.5) is 4.39 Å². The van der Waals surface area contributed by atoms with Gasteiger partial charge in [0, 0.05) is 26.6 Å². The van der Waals surface area contributed by atoms with E-state index in [1.807, 2.05) is 0 Å². The number of nitrogens with zero attached hydrogens (tertiary/aromatic N) is 1. The summed E-state index contributed by atoms with van der Waals surface area (Å²) in [5, 5.41) is 2.79. The van der Waals surface area contributed by atoms with E-state index in [4.69, 9.17) is 0 Å². The molecule has 4 nitrogen and oxygen atoms in total. The van der Waals surface area contributed by atoms with Crippen LogP contribution in [0.1, 0.15) is 38.7 Å². The van der Waals surface area contributed by atoms with E-state index in [2.05, 4.69) is 12.2 Å². The van der Waals surface area contributed by atoms with Gasteiger partial charge < -0.3 is 10.2 Å². The Bertz CT molecular complexity index is 474. The fourth-order valence-corrected chi connectivity index (χ4v) is 2.16. The lowest BCUT2D eigenvalue weighted by molar-refractivity contribution is -0.129. The van der Waals surface area contributed by atoms with Gasteiger partial charge in [-0.25, -0.2) is 4.39 Å². The Morgan fingerprint density at radius 1 is 1.14 bits per heavy atom. The number of halogens is 1. The Morgan fingerprint density at radius 2 is 1.82 bits per heavy atom. The highest BCUT2D eigenvalue weighted by molar-refractivity contribution is 5.78. The predicted octanol–water partition coefficient (Wildman–Crippen LogP) is 2.52. The van der Waals surface area contributed by atoms with E-state index >= 15 is 0 Å². The van der Waals surface area contributed by atoms with Crippen LogP contribution in [-0.4, -0.2) is 36.3 Å². The minimum Gasteiger partial charge on any atom is -0.354 e. The van der Waals surface area contributed by atoms with Crippen molar-refractivity contribution in [1.29, 1.82) is 0 Å². The normalized spacial score (nSPS) is 10.3. The maximum Gasteiger partial charge on any atom is 0.224 e. The number of carbonyl (C=O) groups is 2. The van der Waals surface area contributed by atoms with Gasteiger partial charge in [-0.05, 0) is 24.1 Å². The van der Waals surface area contributed by atoms with Crippen LogP contribution < -0.4 is 5.32 Å². The van der Waals surface area contributed by atoms with Gasteiger partial charge in [0.2, 0.25) is 11.8 Å². The van der Waals surface area contributed by atoms with E-state index < -0.39 is 0 Å². The van der Waals surface area contributed by atoms with Crippen LogP contribution in [0.5, 0.6) is 0 Å². The van der Waals surface area contributed by atoms with Crippen LogP contribution in [0.2, 0.25) is 0 Å². The summed E-state index contributed by atoms with van der Waals surface area (Å²) in [4.78, 5) is 25.1. The number of rotatable bonds is 9. The first kappa shape index (κ1) is 18.1. The number of amides is 2. The van der Waals surface area contributed by atoms with Crippen molar-refractivity contribution in [1.82, 2.24) is 10.2 Å². The van der Waals surface area contributed by atoms with Crippen LogP contribution >= 0.6 is 0 Å². The smallest absolute Gasteiger partial charge is 0.224 e. The quantitative estimate of drug-likeness (QED) is 0.713. The predicted molar refractivity (Wildman–Crippen MR) is 84.9 cm³/mol. The highest BCUT2D eigenvalue weighted by atomic mass is 19.1. The van der Waals surface area contributed by atoms with E-state index in [0.717, 1.165) is 31.4 Å². The van der Waals surface area contributed by atoms with Crippen molar-refractivity contribution in [2.24, 2.45) is 0 Å². The van der Waals surface area contributed by atoms with Gasteiger partial charge in [0.25, 0.3) is 0 Å². The van der Waals surface area contributed by atoms with Crippen molar-refractivity contribution in [3.8, 4) is 0 Å². The monoisotopic (exact) mass is 308 g/mol. The first-order chi connectivity index (χ1) is 10.5. The Labute approximate surface area is 131 Å². The molecule has 5 heteroatoms. The molecule has 0 atom stereocenters. The molecule has 0 spiro atoms. The van der Waals surface area contributed by atoms with Gasteiger partial charge >= 0.3 is 0 Å². The topological polar surface area (TPSA) is 49.4 Å². The fraction of sp³-hybridized carbons (Fsp3) is 0.529. The number of carbonyl (C=O) groups excluding carboxylic acids is 2. The summed E-state index contributed by atoms with van der Waals surface area (Å²) in [6.45, 7) is 5.36. The Morgan fingerprint density at radius 3 is 2.41 bits per heavy atom. The van der Waals surface area contributed by atoms with Crippen LogP contribution in [0.15, 0.2) is 24.3 Å². The SMILES string of the molecule is CCCCCN(CCNC(=O)Cc1ccc(F)cc1)C(C)=O. The zero-order valence-corrected chi connectivity index (χ0v) is 13.4. The lowest BCUT2D eigenvalue weighted by Crippen LogP contribution is -2.38. The molecular weight excluding hydrogens is 283 g/mol.